The number of hydrogen-bond donors (Lipinski definition) is 4. The number of alkyl halides is 4. The number of aromatic nitrogens is 1. The Labute approximate surface area is 150 Å². The number of carbonyl (C=O) groups is 2. The lowest BCUT2D eigenvalue weighted by atomic mass is 9.95. The molecule has 148 valence electrons. The van der Waals surface area contributed by atoms with E-state index in [4.69, 9.17) is 5.73 Å². The van der Waals surface area contributed by atoms with Crippen LogP contribution in [-0.2, 0) is 0 Å². The second kappa shape index (κ2) is 5.87. The molecular formula is C15H8F4N2O7. The zero-order valence-corrected chi connectivity index (χ0v) is 13.3. The van der Waals surface area contributed by atoms with Crippen LogP contribution in [-0.4, -0.2) is 39.4 Å². The summed E-state index contributed by atoms with van der Waals surface area (Å²) in [6.45, 7) is 0. The minimum Gasteiger partial charge on any atom is -0.478 e. The molecule has 1 aliphatic heterocycles. The van der Waals surface area contributed by atoms with Crippen molar-refractivity contribution >= 4 is 17.8 Å². The third-order valence-electron chi connectivity index (χ3n) is 3.72. The summed E-state index contributed by atoms with van der Waals surface area (Å²) in [6, 6.07) is 2.24. The predicted octanol–water partition coefficient (Wildman–Crippen LogP) is 1.98. The van der Waals surface area contributed by atoms with Gasteiger partial charge in [0.1, 0.15) is 16.9 Å². The Bertz CT molecular complexity index is 1080. The molecule has 0 saturated heterocycles. The number of anilines is 1. The average Bonchev–Trinajstić information content (AvgIpc) is 2.53. The van der Waals surface area contributed by atoms with E-state index < -0.39 is 69.3 Å². The highest BCUT2D eigenvalue weighted by atomic mass is 19.3. The van der Waals surface area contributed by atoms with Gasteiger partial charge in [0.05, 0.1) is 0 Å². The van der Waals surface area contributed by atoms with E-state index >= 15 is 0 Å². The fourth-order valence-electron chi connectivity index (χ4n) is 2.56. The highest BCUT2D eigenvalue weighted by molar-refractivity contribution is 6.07. The Morgan fingerprint density at radius 2 is 1.50 bits per heavy atom. The van der Waals surface area contributed by atoms with Gasteiger partial charge in [-0.05, 0) is 17.7 Å². The summed E-state index contributed by atoms with van der Waals surface area (Å²) in [7, 11) is 0. The second-order valence-electron chi connectivity index (χ2n) is 5.50. The molecule has 2 heterocycles. The standard InChI is InChI=1S/C15H8F4N2O7/c16-14(17)15(18,19)28-6-3-4(1-2-5(6)27-14)7-8(12(23)24)10(20)21-11(22)9(7)13(25)26/h1-3H,(H,23,24)(H,25,26)(H3,20,21,22). The zero-order valence-electron chi connectivity index (χ0n) is 13.3. The second-order valence-corrected chi connectivity index (χ2v) is 5.50. The van der Waals surface area contributed by atoms with Gasteiger partial charge >= 0.3 is 24.2 Å². The van der Waals surface area contributed by atoms with E-state index in [1.165, 1.54) is 0 Å². The van der Waals surface area contributed by atoms with Crippen molar-refractivity contribution in [3.8, 4) is 22.6 Å². The number of H-pyrrole nitrogens is 1. The molecule has 1 aromatic carbocycles. The van der Waals surface area contributed by atoms with Crippen LogP contribution < -0.4 is 20.8 Å². The molecule has 0 saturated carbocycles. The molecule has 0 atom stereocenters. The molecule has 1 aromatic heterocycles. The van der Waals surface area contributed by atoms with E-state index in [-0.39, 0.29) is 0 Å². The minimum absolute atomic E-state index is 0.420. The van der Waals surface area contributed by atoms with Gasteiger partial charge in [0.2, 0.25) is 0 Å². The first-order valence-electron chi connectivity index (χ1n) is 7.16. The summed E-state index contributed by atoms with van der Waals surface area (Å²) in [5.41, 5.74) is 1.13. The lowest BCUT2D eigenvalue weighted by Crippen LogP contribution is -2.52. The Hall–Kier alpha value is -3.77. The summed E-state index contributed by atoms with van der Waals surface area (Å²) in [4.78, 5) is 36.8. The van der Waals surface area contributed by atoms with Gasteiger partial charge in [-0.25, -0.2) is 9.59 Å². The number of rotatable bonds is 3. The molecule has 1 aliphatic rings. The summed E-state index contributed by atoms with van der Waals surface area (Å²) in [6.07, 6.45) is -10.0. The summed E-state index contributed by atoms with van der Waals surface area (Å²) < 4.78 is 61.0. The van der Waals surface area contributed by atoms with Crippen molar-refractivity contribution < 1.29 is 46.8 Å². The quantitative estimate of drug-likeness (QED) is 0.567. The van der Waals surface area contributed by atoms with Crippen molar-refractivity contribution in [3.05, 3.63) is 39.7 Å². The zero-order chi connectivity index (χ0) is 21.0. The molecule has 0 aliphatic carbocycles. The third-order valence-corrected chi connectivity index (χ3v) is 3.72. The number of pyridine rings is 1. The number of nitrogens with one attached hydrogen (secondary N) is 1. The number of carboxylic acid groups (broad SMARTS) is 2. The van der Waals surface area contributed by atoms with Gasteiger partial charge < -0.3 is 30.4 Å². The van der Waals surface area contributed by atoms with Crippen molar-refractivity contribution in [1.29, 1.82) is 0 Å². The first-order valence-corrected chi connectivity index (χ1v) is 7.16. The van der Waals surface area contributed by atoms with E-state index in [9.17, 15) is 42.2 Å². The van der Waals surface area contributed by atoms with Crippen LogP contribution in [0.1, 0.15) is 20.7 Å². The number of hydrogen-bond acceptors (Lipinski definition) is 6. The van der Waals surface area contributed by atoms with Crippen LogP contribution >= 0.6 is 0 Å². The molecule has 5 N–H and O–H groups in total. The van der Waals surface area contributed by atoms with Crippen LogP contribution in [0.15, 0.2) is 23.0 Å². The molecule has 0 unspecified atom stereocenters. The van der Waals surface area contributed by atoms with Crippen molar-refractivity contribution in [2.24, 2.45) is 0 Å². The monoisotopic (exact) mass is 404 g/mol. The highest BCUT2D eigenvalue weighted by Gasteiger charge is 2.65. The van der Waals surface area contributed by atoms with E-state index in [1.807, 2.05) is 4.98 Å². The molecule has 0 radical (unpaired) electrons. The number of carboxylic acids is 2. The Kier molecular flexibility index (Phi) is 3.98. The number of ether oxygens (including phenoxy) is 2. The number of fused-ring (bicyclic) bond motifs is 1. The first kappa shape index (κ1) is 19.0. The Morgan fingerprint density at radius 3 is 2.04 bits per heavy atom. The van der Waals surface area contributed by atoms with Crippen molar-refractivity contribution in [2.45, 2.75) is 12.2 Å². The van der Waals surface area contributed by atoms with Crippen molar-refractivity contribution in [1.82, 2.24) is 4.98 Å². The fraction of sp³-hybridized carbons (Fsp3) is 0.133. The molecule has 0 fully saturated rings. The fourth-order valence-corrected chi connectivity index (χ4v) is 2.56. The predicted molar refractivity (Wildman–Crippen MR) is 82.0 cm³/mol. The molecule has 28 heavy (non-hydrogen) atoms. The molecule has 0 bridgehead atoms. The average molecular weight is 404 g/mol. The summed E-state index contributed by atoms with van der Waals surface area (Å²) in [5, 5.41) is 18.6. The first-order chi connectivity index (χ1) is 12.9. The van der Waals surface area contributed by atoms with E-state index in [1.54, 1.807) is 0 Å². The molecule has 0 spiro atoms. The lowest BCUT2D eigenvalue weighted by molar-refractivity contribution is -0.391. The van der Waals surface area contributed by atoms with E-state index in [0.29, 0.717) is 6.07 Å². The number of benzene rings is 1. The number of halogens is 4. The molecule has 2 aromatic rings. The number of aromatic amines is 1. The van der Waals surface area contributed by atoms with Gasteiger partial charge in [-0.2, -0.15) is 17.6 Å². The van der Waals surface area contributed by atoms with Crippen LogP contribution in [0.25, 0.3) is 11.1 Å². The normalized spacial score (nSPS) is 16.4. The molecule has 0 amide bonds. The van der Waals surface area contributed by atoms with Gasteiger partial charge in [0.25, 0.3) is 5.56 Å². The number of nitrogen functional groups attached to an aromatic ring is 1. The number of aromatic carboxylic acids is 2. The molecule has 9 nitrogen and oxygen atoms in total. The molecule has 13 heteroatoms. The van der Waals surface area contributed by atoms with E-state index in [2.05, 4.69) is 9.47 Å². The van der Waals surface area contributed by atoms with Crippen LogP contribution in [0.2, 0.25) is 0 Å². The van der Waals surface area contributed by atoms with Crippen LogP contribution in [0.3, 0.4) is 0 Å². The van der Waals surface area contributed by atoms with Gasteiger partial charge in [-0.3, -0.25) is 4.79 Å². The Morgan fingerprint density at radius 1 is 0.964 bits per heavy atom. The van der Waals surface area contributed by atoms with E-state index in [0.717, 1.165) is 12.1 Å². The largest absolute Gasteiger partial charge is 0.507 e. The third kappa shape index (κ3) is 2.76. The molecule has 3 rings (SSSR count). The highest BCUT2D eigenvalue weighted by Crippen LogP contribution is 2.48. The SMILES string of the molecule is Nc1[nH]c(=O)c(C(=O)O)c(-c2ccc3c(c2)OC(F)(F)C(F)(F)O3)c1C(=O)O. The minimum atomic E-state index is -5.06. The van der Waals surface area contributed by atoms with Crippen molar-refractivity contribution in [3.63, 3.8) is 0 Å². The maximum Gasteiger partial charge on any atom is 0.507 e. The maximum atomic E-state index is 13.4. The van der Waals surface area contributed by atoms with Crippen LogP contribution in [0.4, 0.5) is 23.4 Å². The number of nitrogens with two attached hydrogens (primary N) is 1. The summed E-state index contributed by atoms with van der Waals surface area (Å²) >= 11 is 0. The van der Waals surface area contributed by atoms with Gasteiger partial charge in [-0.1, -0.05) is 6.07 Å². The summed E-state index contributed by atoms with van der Waals surface area (Å²) in [5.74, 6) is -6.03. The van der Waals surface area contributed by atoms with Gasteiger partial charge in [0.15, 0.2) is 11.5 Å². The van der Waals surface area contributed by atoms with Crippen LogP contribution in [0.5, 0.6) is 11.5 Å². The lowest BCUT2D eigenvalue weighted by Gasteiger charge is -2.32. The molecular weight excluding hydrogens is 396 g/mol. The smallest absolute Gasteiger partial charge is 0.478 e. The topological polar surface area (TPSA) is 152 Å². The Balaban J connectivity index is 2.31. The maximum absolute atomic E-state index is 13.4. The van der Waals surface area contributed by atoms with Crippen molar-refractivity contribution in [2.75, 3.05) is 5.73 Å². The van der Waals surface area contributed by atoms with Gasteiger partial charge in [0, 0.05) is 5.56 Å². The van der Waals surface area contributed by atoms with Crippen LogP contribution in [0, 0.1) is 0 Å². The van der Waals surface area contributed by atoms with Gasteiger partial charge in [-0.15, -0.1) is 0 Å².